The summed E-state index contributed by atoms with van der Waals surface area (Å²) in [7, 11) is 0. The van der Waals surface area contributed by atoms with E-state index in [1.54, 1.807) is 31.2 Å². The number of aromatic nitrogens is 1. The molecule has 0 saturated heterocycles. The van der Waals surface area contributed by atoms with Gasteiger partial charge in [-0.25, -0.2) is 8.78 Å². The van der Waals surface area contributed by atoms with Gasteiger partial charge in [-0.2, -0.15) is 0 Å². The molecule has 0 bridgehead atoms. The minimum absolute atomic E-state index is 0.0828. The van der Waals surface area contributed by atoms with Gasteiger partial charge in [0, 0.05) is 16.7 Å². The molecule has 1 aromatic heterocycles. The third kappa shape index (κ3) is 3.85. The third-order valence-electron chi connectivity index (χ3n) is 3.66. The van der Waals surface area contributed by atoms with E-state index in [0.29, 0.717) is 16.3 Å². The number of rotatable bonds is 4. The number of carbonyl (C=O) groups is 1. The molecular formula is C18H13ClF2N2O2. The minimum Gasteiger partial charge on any atom is -0.355 e. The molecule has 0 radical (unpaired) electrons. The maximum absolute atomic E-state index is 13.3. The van der Waals surface area contributed by atoms with E-state index in [4.69, 9.17) is 16.1 Å². The van der Waals surface area contributed by atoms with Crippen molar-refractivity contribution in [1.82, 2.24) is 10.5 Å². The first-order valence-corrected chi connectivity index (χ1v) is 7.80. The lowest BCUT2D eigenvalue weighted by atomic mass is 10.1. The van der Waals surface area contributed by atoms with E-state index in [9.17, 15) is 13.6 Å². The molecule has 1 atom stereocenters. The van der Waals surface area contributed by atoms with Crippen LogP contribution in [0.1, 0.15) is 29.0 Å². The first kappa shape index (κ1) is 17.1. The van der Waals surface area contributed by atoms with Crippen molar-refractivity contribution in [2.75, 3.05) is 0 Å². The number of nitrogens with zero attached hydrogens (tertiary/aromatic N) is 1. The molecule has 0 fully saturated rings. The Balaban J connectivity index is 1.73. The monoisotopic (exact) mass is 362 g/mol. The first-order chi connectivity index (χ1) is 11.9. The van der Waals surface area contributed by atoms with Gasteiger partial charge < -0.3 is 9.84 Å². The van der Waals surface area contributed by atoms with Gasteiger partial charge in [-0.15, -0.1) is 0 Å². The minimum atomic E-state index is -0.968. The van der Waals surface area contributed by atoms with Crippen molar-refractivity contribution >= 4 is 17.5 Å². The molecule has 3 aromatic rings. The van der Waals surface area contributed by atoms with E-state index >= 15 is 0 Å². The van der Waals surface area contributed by atoms with Gasteiger partial charge in [0.1, 0.15) is 0 Å². The highest BCUT2D eigenvalue weighted by atomic mass is 35.5. The van der Waals surface area contributed by atoms with E-state index < -0.39 is 23.6 Å². The molecule has 4 nitrogen and oxygen atoms in total. The van der Waals surface area contributed by atoms with Gasteiger partial charge in [0.15, 0.2) is 23.1 Å². The molecule has 25 heavy (non-hydrogen) atoms. The Morgan fingerprint density at radius 2 is 1.84 bits per heavy atom. The van der Waals surface area contributed by atoms with Crippen molar-refractivity contribution in [3.8, 4) is 11.3 Å². The van der Waals surface area contributed by atoms with E-state index in [-0.39, 0.29) is 5.69 Å². The summed E-state index contributed by atoms with van der Waals surface area (Å²) in [5, 5.41) is 6.99. The standard InChI is InChI=1S/C18H13ClF2N2O2/c1-10(12-4-7-14(20)15(21)8-12)22-18(24)16-9-17(25-23-16)11-2-5-13(19)6-3-11/h2-10H,1H3,(H,22,24). The maximum Gasteiger partial charge on any atom is 0.273 e. The van der Waals surface area contributed by atoms with Crippen LogP contribution in [0.5, 0.6) is 0 Å². The number of amides is 1. The molecule has 1 amide bonds. The summed E-state index contributed by atoms with van der Waals surface area (Å²) in [6.45, 7) is 1.66. The lowest BCUT2D eigenvalue weighted by molar-refractivity contribution is 0.0930. The molecule has 2 aromatic carbocycles. The summed E-state index contributed by atoms with van der Waals surface area (Å²) in [5.41, 5.74) is 1.25. The second-order valence-corrected chi connectivity index (χ2v) is 5.89. The number of hydrogen-bond acceptors (Lipinski definition) is 3. The third-order valence-corrected chi connectivity index (χ3v) is 3.91. The average Bonchev–Trinajstić information content (AvgIpc) is 3.08. The fourth-order valence-electron chi connectivity index (χ4n) is 2.27. The lowest BCUT2D eigenvalue weighted by Crippen LogP contribution is -2.27. The molecule has 3 rings (SSSR count). The zero-order chi connectivity index (χ0) is 18.0. The summed E-state index contributed by atoms with van der Waals surface area (Å²) in [6.07, 6.45) is 0. The van der Waals surface area contributed by atoms with Crippen LogP contribution in [0.15, 0.2) is 53.1 Å². The van der Waals surface area contributed by atoms with Crippen LogP contribution in [-0.4, -0.2) is 11.1 Å². The highest BCUT2D eigenvalue weighted by molar-refractivity contribution is 6.30. The van der Waals surface area contributed by atoms with Crippen LogP contribution in [0, 0.1) is 11.6 Å². The van der Waals surface area contributed by atoms with E-state index in [1.165, 1.54) is 12.1 Å². The fraction of sp³-hybridized carbons (Fsp3) is 0.111. The maximum atomic E-state index is 13.3. The van der Waals surface area contributed by atoms with Crippen LogP contribution < -0.4 is 5.32 Å². The van der Waals surface area contributed by atoms with Crippen LogP contribution in [0.4, 0.5) is 8.78 Å². The fourth-order valence-corrected chi connectivity index (χ4v) is 2.39. The number of hydrogen-bond donors (Lipinski definition) is 1. The van der Waals surface area contributed by atoms with Crippen LogP contribution in [0.3, 0.4) is 0 Å². The molecule has 0 saturated carbocycles. The molecule has 0 aliphatic rings. The van der Waals surface area contributed by atoms with Gasteiger partial charge in [-0.1, -0.05) is 22.8 Å². The second-order valence-electron chi connectivity index (χ2n) is 5.45. The summed E-state index contributed by atoms with van der Waals surface area (Å²) in [6, 6.07) is 11.3. The Morgan fingerprint density at radius 3 is 2.52 bits per heavy atom. The van der Waals surface area contributed by atoms with Crippen molar-refractivity contribution in [3.05, 3.63) is 76.4 Å². The second kappa shape index (κ2) is 7.03. The van der Waals surface area contributed by atoms with Crippen molar-refractivity contribution < 1.29 is 18.1 Å². The molecule has 1 N–H and O–H groups in total. The van der Waals surface area contributed by atoms with E-state index in [2.05, 4.69) is 10.5 Å². The average molecular weight is 363 g/mol. The van der Waals surface area contributed by atoms with E-state index in [1.807, 2.05) is 0 Å². The van der Waals surface area contributed by atoms with E-state index in [0.717, 1.165) is 17.7 Å². The molecule has 128 valence electrons. The largest absolute Gasteiger partial charge is 0.355 e. The van der Waals surface area contributed by atoms with Gasteiger partial charge >= 0.3 is 0 Å². The predicted octanol–water partition coefficient (Wildman–Crippen LogP) is 4.76. The summed E-state index contributed by atoms with van der Waals surface area (Å²) in [4.78, 5) is 12.3. The molecule has 0 spiro atoms. The molecular weight excluding hydrogens is 350 g/mol. The molecule has 1 heterocycles. The smallest absolute Gasteiger partial charge is 0.273 e. The van der Waals surface area contributed by atoms with Gasteiger partial charge in [-0.05, 0) is 48.9 Å². The van der Waals surface area contributed by atoms with Crippen LogP contribution in [-0.2, 0) is 0 Å². The van der Waals surface area contributed by atoms with Crippen LogP contribution >= 0.6 is 11.6 Å². The van der Waals surface area contributed by atoms with Gasteiger partial charge in [0.2, 0.25) is 0 Å². The Bertz CT molecular complexity index is 910. The topological polar surface area (TPSA) is 55.1 Å². The number of halogens is 3. The van der Waals surface area contributed by atoms with Crippen molar-refractivity contribution in [2.45, 2.75) is 13.0 Å². The van der Waals surface area contributed by atoms with Crippen molar-refractivity contribution in [2.24, 2.45) is 0 Å². The number of benzene rings is 2. The van der Waals surface area contributed by atoms with Gasteiger partial charge in [-0.3, -0.25) is 4.79 Å². The van der Waals surface area contributed by atoms with Gasteiger partial charge in [0.05, 0.1) is 6.04 Å². The molecule has 1 unspecified atom stereocenters. The lowest BCUT2D eigenvalue weighted by Gasteiger charge is -2.13. The zero-order valence-electron chi connectivity index (χ0n) is 13.1. The quantitative estimate of drug-likeness (QED) is 0.727. The Morgan fingerprint density at radius 1 is 1.12 bits per heavy atom. The normalized spacial score (nSPS) is 12.0. The Kier molecular flexibility index (Phi) is 4.81. The van der Waals surface area contributed by atoms with Crippen LogP contribution in [0.25, 0.3) is 11.3 Å². The summed E-state index contributed by atoms with van der Waals surface area (Å²) in [5.74, 6) is -1.97. The zero-order valence-corrected chi connectivity index (χ0v) is 13.8. The van der Waals surface area contributed by atoms with Crippen molar-refractivity contribution in [3.63, 3.8) is 0 Å². The molecule has 0 aliphatic heterocycles. The van der Waals surface area contributed by atoms with Crippen LogP contribution in [0.2, 0.25) is 5.02 Å². The highest BCUT2D eigenvalue weighted by Crippen LogP contribution is 2.23. The van der Waals surface area contributed by atoms with Crippen molar-refractivity contribution in [1.29, 1.82) is 0 Å². The summed E-state index contributed by atoms with van der Waals surface area (Å²) < 4.78 is 31.5. The Hall–Kier alpha value is -2.73. The molecule has 7 heteroatoms. The Labute approximate surface area is 147 Å². The highest BCUT2D eigenvalue weighted by Gasteiger charge is 2.17. The number of nitrogens with one attached hydrogen (secondary N) is 1. The molecule has 0 aliphatic carbocycles. The SMILES string of the molecule is CC(NC(=O)c1cc(-c2ccc(Cl)cc2)on1)c1ccc(F)c(F)c1. The summed E-state index contributed by atoms with van der Waals surface area (Å²) >= 11 is 5.83. The first-order valence-electron chi connectivity index (χ1n) is 7.42. The van der Waals surface area contributed by atoms with Gasteiger partial charge in [0.25, 0.3) is 5.91 Å². The predicted molar refractivity (Wildman–Crippen MR) is 89.2 cm³/mol. The number of carbonyl (C=O) groups excluding carboxylic acids is 1.